The van der Waals surface area contributed by atoms with E-state index in [1.165, 1.54) is 4.70 Å². The molecule has 0 fully saturated rings. The van der Waals surface area contributed by atoms with Gasteiger partial charge in [0.15, 0.2) is 4.34 Å². The zero-order chi connectivity index (χ0) is 19.5. The maximum absolute atomic E-state index is 12.6. The van der Waals surface area contributed by atoms with Crippen LogP contribution in [0.15, 0.2) is 63.5 Å². The number of amides is 1. The van der Waals surface area contributed by atoms with Crippen LogP contribution in [0, 0.1) is 6.92 Å². The Balaban J connectivity index is 1.36. The predicted octanol–water partition coefficient (Wildman–Crippen LogP) is 5.16. The second kappa shape index (κ2) is 8.16. The maximum atomic E-state index is 12.6. The van der Waals surface area contributed by atoms with Gasteiger partial charge in [-0.3, -0.25) is 4.79 Å². The lowest BCUT2D eigenvalue weighted by Crippen LogP contribution is -2.26. The average molecular weight is 410 g/mol. The van der Waals surface area contributed by atoms with E-state index >= 15 is 0 Å². The Kier molecular flexibility index (Phi) is 5.45. The first-order chi connectivity index (χ1) is 13.6. The molecule has 142 valence electrons. The van der Waals surface area contributed by atoms with Gasteiger partial charge in [0, 0.05) is 24.4 Å². The monoisotopic (exact) mass is 409 g/mol. The molecule has 4 aromatic rings. The van der Waals surface area contributed by atoms with Crippen LogP contribution in [0.4, 0.5) is 0 Å². The summed E-state index contributed by atoms with van der Waals surface area (Å²) in [6.07, 6.45) is 0. The zero-order valence-corrected chi connectivity index (χ0v) is 17.2. The van der Waals surface area contributed by atoms with Gasteiger partial charge in [-0.15, -0.1) is 11.3 Å². The van der Waals surface area contributed by atoms with Crippen LogP contribution in [0.1, 0.15) is 27.4 Å². The Labute approximate surface area is 171 Å². The molecule has 2 heterocycles. The molecule has 7 heteroatoms. The molecule has 0 atom stereocenters. The summed E-state index contributed by atoms with van der Waals surface area (Å²) in [5.41, 5.74) is 3.62. The summed E-state index contributed by atoms with van der Waals surface area (Å²) in [5, 5.41) is 3.94. The molecule has 0 saturated heterocycles. The van der Waals surface area contributed by atoms with E-state index in [1.54, 1.807) is 35.0 Å². The summed E-state index contributed by atoms with van der Waals surface area (Å²) < 4.78 is 7.32. The lowest BCUT2D eigenvalue weighted by atomic mass is 10.1. The topological polar surface area (TPSA) is 59.2 Å². The summed E-state index contributed by atoms with van der Waals surface area (Å²) in [5.74, 6) is 1.53. The minimum Gasteiger partial charge on any atom is -0.361 e. The first kappa shape index (κ1) is 18.7. The Morgan fingerprint density at radius 2 is 1.96 bits per heavy atom. The van der Waals surface area contributed by atoms with E-state index in [1.807, 2.05) is 55.5 Å². The molecular weight excluding hydrogens is 390 g/mol. The van der Waals surface area contributed by atoms with Gasteiger partial charge in [0.2, 0.25) is 0 Å². The van der Waals surface area contributed by atoms with Crippen LogP contribution in [-0.2, 0) is 12.3 Å². The molecular formula is C21H19N3O2S2. The van der Waals surface area contributed by atoms with Crippen molar-refractivity contribution in [2.75, 3.05) is 7.05 Å². The number of carbonyl (C=O) groups excluding carboxylic acids is 1. The summed E-state index contributed by atoms with van der Waals surface area (Å²) >= 11 is 3.43. The number of aromatic nitrogens is 2. The molecule has 0 unspecified atom stereocenters. The van der Waals surface area contributed by atoms with Crippen molar-refractivity contribution in [3.63, 3.8) is 0 Å². The third-order valence-corrected chi connectivity index (χ3v) is 6.51. The second-order valence-corrected chi connectivity index (χ2v) is 8.78. The largest absolute Gasteiger partial charge is 0.361 e. The lowest BCUT2D eigenvalue weighted by molar-refractivity contribution is 0.0782. The fourth-order valence-corrected chi connectivity index (χ4v) is 4.85. The Bertz CT molecular complexity index is 1070. The summed E-state index contributed by atoms with van der Waals surface area (Å²) in [6, 6.07) is 17.8. The Morgan fingerprint density at radius 1 is 1.18 bits per heavy atom. The van der Waals surface area contributed by atoms with Gasteiger partial charge in [-0.2, -0.15) is 0 Å². The van der Waals surface area contributed by atoms with Crippen molar-refractivity contribution in [3.8, 4) is 0 Å². The molecule has 4 rings (SSSR count). The minimum atomic E-state index is -0.0361. The van der Waals surface area contributed by atoms with Crippen molar-refractivity contribution in [2.24, 2.45) is 0 Å². The number of hydrogen-bond donors (Lipinski definition) is 0. The molecule has 1 amide bonds. The fourth-order valence-electron chi connectivity index (χ4n) is 2.83. The number of rotatable bonds is 6. The number of benzene rings is 2. The van der Waals surface area contributed by atoms with Gasteiger partial charge in [-0.25, -0.2) is 4.98 Å². The second-order valence-electron chi connectivity index (χ2n) is 6.52. The van der Waals surface area contributed by atoms with E-state index in [4.69, 9.17) is 4.52 Å². The average Bonchev–Trinajstić information content (AvgIpc) is 3.31. The van der Waals surface area contributed by atoms with Crippen molar-refractivity contribution in [1.82, 2.24) is 15.0 Å². The highest BCUT2D eigenvalue weighted by Gasteiger charge is 2.14. The van der Waals surface area contributed by atoms with Gasteiger partial charge >= 0.3 is 0 Å². The quantitative estimate of drug-likeness (QED) is 0.412. The summed E-state index contributed by atoms with van der Waals surface area (Å²) in [6.45, 7) is 2.26. The van der Waals surface area contributed by atoms with E-state index in [9.17, 15) is 4.79 Å². The van der Waals surface area contributed by atoms with Crippen LogP contribution < -0.4 is 0 Å². The number of hydrogen-bond acceptors (Lipinski definition) is 6. The summed E-state index contributed by atoms with van der Waals surface area (Å²) in [4.78, 5) is 18.9. The van der Waals surface area contributed by atoms with Crippen molar-refractivity contribution in [1.29, 1.82) is 0 Å². The molecule has 0 bridgehead atoms. The molecule has 2 aromatic carbocycles. The number of nitrogens with zero attached hydrogens (tertiary/aromatic N) is 3. The number of para-hydroxylation sites is 1. The number of carbonyl (C=O) groups is 1. The van der Waals surface area contributed by atoms with Crippen LogP contribution in [0.3, 0.4) is 0 Å². The van der Waals surface area contributed by atoms with Gasteiger partial charge in [0.05, 0.1) is 16.8 Å². The van der Waals surface area contributed by atoms with Crippen LogP contribution >= 0.6 is 23.1 Å². The highest BCUT2D eigenvalue weighted by molar-refractivity contribution is 8.00. The lowest BCUT2D eigenvalue weighted by Gasteiger charge is -2.15. The van der Waals surface area contributed by atoms with Crippen LogP contribution in [-0.4, -0.2) is 28.0 Å². The molecule has 0 aliphatic heterocycles. The fraction of sp³-hybridized carbons (Fsp3) is 0.190. The molecule has 28 heavy (non-hydrogen) atoms. The summed E-state index contributed by atoms with van der Waals surface area (Å²) in [7, 11) is 1.77. The third kappa shape index (κ3) is 4.26. The van der Waals surface area contributed by atoms with Gasteiger partial charge < -0.3 is 9.42 Å². The van der Waals surface area contributed by atoms with E-state index in [-0.39, 0.29) is 5.91 Å². The molecule has 0 N–H and O–H groups in total. The smallest absolute Gasteiger partial charge is 0.253 e. The Hall–Kier alpha value is -2.64. The van der Waals surface area contributed by atoms with Gasteiger partial charge in [-0.1, -0.05) is 41.2 Å². The molecule has 0 radical (unpaired) electrons. The first-order valence-corrected chi connectivity index (χ1v) is 10.6. The highest BCUT2D eigenvalue weighted by Crippen LogP contribution is 2.31. The van der Waals surface area contributed by atoms with Crippen molar-refractivity contribution >= 4 is 39.2 Å². The molecule has 0 aliphatic rings. The Morgan fingerprint density at radius 3 is 2.68 bits per heavy atom. The van der Waals surface area contributed by atoms with Crippen LogP contribution in [0.5, 0.6) is 0 Å². The number of thiazole rings is 1. The maximum Gasteiger partial charge on any atom is 0.253 e. The number of fused-ring (bicyclic) bond motifs is 1. The van der Waals surface area contributed by atoms with E-state index in [0.29, 0.717) is 12.1 Å². The van der Waals surface area contributed by atoms with Gasteiger partial charge in [-0.05, 0) is 36.8 Å². The van der Waals surface area contributed by atoms with E-state index in [2.05, 4.69) is 16.2 Å². The zero-order valence-electron chi connectivity index (χ0n) is 15.6. The molecule has 0 saturated carbocycles. The molecule has 0 spiro atoms. The van der Waals surface area contributed by atoms with Crippen LogP contribution in [0.25, 0.3) is 10.2 Å². The molecule has 5 nitrogen and oxygen atoms in total. The van der Waals surface area contributed by atoms with Crippen molar-refractivity contribution in [2.45, 2.75) is 23.6 Å². The van der Waals surface area contributed by atoms with E-state index < -0.39 is 0 Å². The van der Waals surface area contributed by atoms with Crippen LogP contribution in [0.2, 0.25) is 0 Å². The normalized spacial score (nSPS) is 11.1. The first-order valence-electron chi connectivity index (χ1n) is 8.83. The standard InChI is InChI=1S/C21H19N3O2S2/c1-14-11-17(23-26-14)12-24(2)20(25)16-9-7-15(8-10-16)13-27-21-22-18-5-3-4-6-19(18)28-21/h3-11H,12-13H2,1-2H3. The minimum absolute atomic E-state index is 0.0361. The molecule has 2 aromatic heterocycles. The SMILES string of the molecule is Cc1cc(CN(C)C(=O)c2ccc(CSc3nc4ccccc4s3)cc2)no1. The highest BCUT2D eigenvalue weighted by atomic mass is 32.2. The predicted molar refractivity (Wildman–Crippen MR) is 113 cm³/mol. The number of thioether (sulfide) groups is 1. The van der Waals surface area contributed by atoms with Gasteiger partial charge in [0.1, 0.15) is 11.5 Å². The van der Waals surface area contributed by atoms with E-state index in [0.717, 1.165) is 32.6 Å². The third-order valence-electron chi connectivity index (χ3n) is 4.26. The molecule has 0 aliphatic carbocycles. The number of aryl methyl sites for hydroxylation is 1. The van der Waals surface area contributed by atoms with Gasteiger partial charge in [0.25, 0.3) is 5.91 Å². The van der Waals surface area contributed by atoms with Crippen molar-refractivity contribution in [3.05, 3.63) is 77.2 Å². The van der Waals surface area contributed by atoms with Crippen molar-refractivity contribution < 1.29 is 9.32 Å².